The van der Waals surface area contributed by atoms with E-state index in [4.69, 9.17) is 9.73 Å². The zero-order chi connectivity index (χ0) is 16.8. The molecule has 0 radical (unpaired) electrons. The Morgan fingerprint density at radius 1 is 1.28 bits per heavy atom. The number of hydrogen-bond donors (Lipinski definition) is 1. The van der Waals surface area contributed by atoms with Crippen LogP contribution in [0.4, 0.5) is 0 Å². The number of rotatable bonds is 5. The number of fused-ring (bicyclic) bond motifs is 1. The van der Waals surface area contributed by atoms with Crippen molar-refractivity contribution in [1.82, 2.24) is 25.0 Å². The summed E-state index contributed by atoms with van der Waals surface area (Å²) >= 11 is 0. The first-order valence-electron chi connectivity index (χ1n) is 9.25. The van der Waals surface area contributed by atoms with Gasteiger partial charge in [-0.3, -0.25) is 0 Å². The number of ether oxygens (including phenoxy) is 1. The third-order valence-electron chi connectivity index (χ3n) is 4.88. The molecule has 0 amide bonds. The van der Waals surface area contributed by atoms with E-state index < -0.39 is 0 Å². The normalized spacial score (nSPS) is 20.8. The van der Waals surface area contributed by atoms with Gasteiger partial charge in [0, 0.05) is 45.6 Å². The molecule has 7 nitrogen and oxygen atoms in total. The molecule has 1 unspecified atom stereocenters. The summed E-state index contributed by atoms with van der Waals surface area (Å²) < 4.78 is 7.57. The molecule has 0 aromatic carbocycles. The number of halogens is 1. The molecule has 3 heterocycles. The van der Waals surface area contributed by atoms with Crippen molar-refractivity contribution < 1.29 is 4.74 Å². The van der Waals surface area contributed by atoms with Gasteiger partial charge in [0.15, 0.2) is 11.8 Å². The minimum Gasteiger partial charge on any atom is -0.384 e. The summed E-state index contributed by atoms with van der Waals surface area (Å²) in [5, 5.41) is 12.2. The molecule has 3 rings (SSSR count). The first kappa shape index (κ1) is 20.4. The van der Waals surface area contributed by atoms with E-state index in [0.29, 0.717) is 12.5 Å². The number of guanidine groups is 1. The quantitative estimate of drug-likeness (QED) is 0.412. The molecule has 1 atom stereocenters. The van der Waals surface area contributed by atoms with Crippen LogP contribution in [0.5, 0.6) is 0 Å². The predicted octanol–water partition coefficient (Wildman–Crippen LogP) is 2.06. The maximum absolute atomic E-state index is 5.30. The molecule has 1 fully saturated rings. The molecule has 0 spiro atoms. The van der Waals surface area contributed by atoms with E-state index >= 15 is 0 Å². The Morgan fingerprint density at radius 3 is 2.96 bits per heavy atom. The van der Waals surface area contributed by atoms with Gasteiger partial charge >= 0.3 is 0 Å². The smallest absolute Gasteiger partial charge is 0.194 e. The summed E-state index contributed by atoms with van der Waals surface area (Å²) in [5.74, 6) is 3.71. The topological polar surface area (TPSA) is 67.6 Å². The van der Waals surface area contributed by atoms with Crippen molar-refractivity contribution >= 4 is 29.9 Å². The van der Waals surface area contributed by atoms with Gasteiger partial charge in [0.05, 0.1) is 6.61 Å². The highest BCUT2D eigenvalue weighted by molar-refractivity contribution is 14.0. The van der Waals surface area contributed by atoms with Gasteiger partial charge < -0.3 is 19.5 Å². The van der Waals surface area contributed by atoms with Gasteiger partial charge in [-0.1, -0.05) is 6.42 Å². The third kappa shape index (κ3) is 5.29. The number of aromatic nitrogens is 3. The van der Waals surface area contributed by atoms with Crippen LogP contribution >= 0.6 is 24.0 Å². The predicted molar refractivity (Wildman–Crippen MR) is 109 cm³/mol. The van der Waals surface area contributed by atoms with Crippen LogP contribution in [0.3, 0.4) is 0 Å². The van der Waals surface area contributed by atoms with Crippen molar-refractivity contribution in [3.05, 3.63) is 11.6 Å². The van der Waals surface area contributed by atoms with E-state index in [1.54, 1.807) is 7.11 Å². The lowest BCUT2D eigenvalue weighted by Gasteiger charge is -2.21. The number of methoxy groups -OCH3 is 1. The number of hydrogen-bond acceptors (Lipinski definition) is 4. The molecule has 2 aliphatic heterocycles. The van der Waals surface area contributed by atoms with Crippen LogP contribution in [-0.4, -0.2) is 59.0 Å². The average Bonchev–Trinajstić information content (AvgIpc) is 3.13. The number of nitrogens with zero attached hydrogens (tertiary/aromatic N) is 5. The lowest BCUT2D eigenvalue weighted by molar-refractivity contribution is 0.157. The molecule has 1 saturated heterocycles. The molecular weight excluding hydrogens is 431 g/mol. The fraction of sp³-hybridized carbons (Fsp3) is 0.824. The van der Waals surface area contributed by atoms with Crippen LogP contribution in [0.2, 0.25) is 0 Å². The van der Waals surface area contributed by atoms with Gasteiger partial charge in [0.25, 0.3) is 0 Å². The van der Waals surface area contributed by atoms with E-state index in [9.17, 15) is 0 Å². The van der Waals surface area contributed by atoms with Crippen LogP contribution < -0.4 is 5.32 Å². The average molecular weight is 462 g/mol. The summed E-state index contributed by atoms with van der Waals surface area (Å²) in [7, 11) is 1.78. The molecule has 142 valence electrons. The van der Waals surface area contributed by atoms with E-state index in [-0.39, 0.29) is 24.0 Å². The van der Waals surface area contributed by atoms with Gasteiger partial charge in [0.2, 0.25) is 0 Å². The minimum absolute atomic E-state index is 0. The first-order valence-corrected chi connectivity index (χ1v) is 9.25. The summed E-state index contributed by atoms with van der Waals surface area (Å²) in [6, 6.07) is 0. The van der Waals surface area contributed by atoms with Crippen molar-refractivity contribution in [3.63, 3.8) is 0 Å². The summed E-state index contributed by atoms with van der Waals surface area (Å²) in [6.07, 6.45) is 5.93. The van der Waals surface area contributed by atoms with Crippen LogP contribution in [-0.2, 0) is 24.2 Å². The summed E-state index contributed by atoms with van der Waals surface area (Å²) in [5.41, 5.74) is 0. The van der Waals surface area contributed by atoms with Crippen LogP contribution in [0.1, 0.15) is 44.3 Å². The second kappa shape index (κ2) is 10.3. The molecule has 25 heavy (non-hydrogen) atoms. The van der Waals surface area contributed by atoms with Crippen molar-refractivity contribution in [2.75, 3.05) is 33.4 Å². The van der Waals surface area contributed by atoms with E-state index in [2.05, 4.69) is 31.9 Å². The number of aryl methyl sites for hydroxylation is 1. The highest BCUT2D eigenvalue weighted by Gasteiger charge is 2.25. The van der Waals surface area contributed by atoms with Gasteiger partial charge in [-0.25, -0.2) is 4.99 Å². The highest BCUT2D eigenvalue weighted by Crippen LogP contribution is 2.18. The van der Waals surface area contributed by atoms with Gasteiger partial charge in [0.1, 0.15) is 12.4 Å². The second-order valence-electron chi connectivity index (χ2n) is 6.72. The van der Waals surface area contributed by atoms with E-state index in [0.717, 1.165) is 56.8 Å². The largest absolute Gasteiger partial charge is 0.384 e. The van der Waals surface area contributed by atoms with E-state index in [1.807, 2.05) is 0 Å². The molecular formula is C17H31IN6O. The first-order chi connectivity index (χ1) is 11.8. The molecule has 8 heteroatoms. The fourth-order valence-electron chi connectivity index (χ4n) is 3.63. The highest BCUT2D eigenvalue weighted by atomic mass is 127. The van der Waals surface area contributed by atoms with Gasteiger partial charge in [-0.05, 0) is 26.2 Å². The maximum atomic E-state index is 5.30. The molecule has 1 N–H and O–H groups in total. The molecule has 0 aliphatic carbocycles. The second-order valence-corrected chi connectivity index (χ2v) is 6.72. The van der Waals surface area contributed by atoms with Crippen LogP contribution in [0.15, 0.2) is 4.99 Å². The van der Waals surface area contributed by atoms with Gasteiger partial charge in [-0.15, -0.1) is 34.2 Å². The minimum atomic E-state index is 0. The van der Waals surface area contributed by atoms with Crippen molar-refractivity contribution in [2.24, 2.45) is 10.9 Å². The molecule has 0 saturated carbocycles. The third-order valence-corrected chi connectivity index (χ3v) is 4.88. The molecule has 2 aliphatic rings. The Kier molecular flexibility index (Phi) is 8.41. The number of aliphatic imine (C=N–C) groups is 1. The maximum Gasteiger partial charge on any atom is 0.194 e. The van der Waals surface area contributed by atoms with Crippen molar-refractivity contribution in [2.45, 2.75) is 52.1 Å². The van der Waals surface area contributed by atoms with Crippen molar-refractivity contribution in [1.29, 1.82) is 0 Å². The van der Waals surface area contributed by atoms with Gasteiger partial charge in [-0.2, -0.15) is 0 Å². The Hall–Kier alpha value is -0.900. The SMILES string of the molecule is CCNC(=NCc1nnc2n1CCCCC2)N1CCC(COC)C1.I. The Labute approximate surface area is 167 Å². The number of nitrogens with one attached hydrogen (secondary N) is 1. The standard InChI is InChI=1S/C17H30N6O.HI/c1-3-18-17(22-10-8-14(12-22)13-24-2)19-11-16-21-20-15-7-5-4-6-9-23(15)16;/h14H,3-13H2,1-2H3,(H,18,19);1H. The summed E-state index contributed by atoms with van der Waals surface area (Å²) in [6.45, 7) is 7.50. The monoisotopic (exact) mass is 462 g/mol. The lowest BCUT2D eigenvalue weighted by atomic mass is 10.1. The zero-order valence-electron chi connectivity index (χ0n) is 15.4. The summed E-state index contributed by atoms with van der Waals surface area (Å²) in [4.78, 5) is 7.18. The fourth-order valence-corrected chi connectivity index (χ4v) is 3.63. The Morgan fingerprint density at radius 2 is 2.16 bits per heavy atom. The van der Waals surface area contributed by atoms with E-state index in [1.165, 1.54) is 25.7 Å². The zero-order valence-corrected chi connectivity index (χ0v) is 17.7. The van der Waals surface area contributed by atoms with Crippen LogP contribution in [0, 0.1) is 5.92 Å². The Bertz CT molecular complexity index is 561. The molecule has 1 aromatic rings. The van der Waals surface area contributed by atoms with Crippen molar-refractivity contribution in [3.8, 4) is 0 Å². The molecule has 0 bridgehead atoms. The lowest BCUT2D eigenvalue weighted by Crippen LogP contribution is -2.40. The van der Waals surface area contributed by atoms with Crippen LogP contribution in [0.25, 0.3) is 0 Å². The molecule has 1 aromatic heterocycles. The number of likely N-dealkylation sites (tertiary alicyclic amines) is 1. The Balaban J connectivity index is 0.00000225.